The lowest BCUT2D eigenvalue weighted by molar-refractivity contribution is 0.163. The zero-order valence-corrected chi connectivity index (χ0v) is 12.5. The second kappa shape index (κ2) is 7.46. The summed E-state index contributed by atoms with van der Waals surface area (Å²) in [7, 11) is 0. The number of hydrogen-bond acceptors (Lipinski definition) is 2. The summed E-state index contributed by atoms with van der Waals surface area (Å²) < 4.78 is 1.12. The predicted octanol–water partition coefficient (Wildman–Crippen LogP) is 5.21. The first-order valence-electron chi connectivity index (χ1n) is 6.09. The molecule has 16 heavy (non-hydrogen) atoms. The summed E-state index contributed by atoms with van der Waals surface area (Å²) in [6, 6.07) is 2.05. The van der Waals surface area contributed by atoms with Crippen LogP contribution in [0.5, 0.6) is 0 Å². The molecule has 3 heteroatoms. The quantitative estimate of drug-likeness (QED) is 0.685. The zero-order chi connectivity index (χ0) is 12.0. The Kier molecular flexibility index (Phi) is 6.62. The molecule has 1 heterocycles. The summed E-state index contributed by atoms with van der Waals surface area (Å²) in [6.07, 6.45) is 6.90. The van der Waals surface area contributed by atoms with Gasteiger partial charge in [0.1, 0.15) is 0 Å². The predicted molar refractivity (Wildman–Crippen MR) is 75.1 cm³/mol. The Morgan fingerprint density at radius 2 is 2.00 bits per heavy atom. The molecule has 1 rings (SSSR count). The van der Waals surface area contributed by atoms with Crippen LogP contribution in [0.3, 0.4) is 0 Å². The van der Waals surface area contributed by atoms with E-state index in [1.165, 1.54) is 30.6 Å². The second-order valence-corrected chi connectivity index (χ2v) is 6.92. The molecule has 0 aliphatic rings. The Labute approximate surface area is 111 Å². The van der Waals surface area contributed by atoms with Gasteiger partial charge < -0.3 is 5.11 Å². The van der Waals surface area contributed by atoms with Gasteiger partial charge in [0, 0.05) is 4.88 Å². The van der Waals surface area contributed by atoms with Crippen molar-refractivity contribution in [1.82, 2.24) is 0 Å². The number of aliphatic hydroxyl groups is 1. The molecule has 0 fully saturated rings. The van der Waals surface area contributed by atoms with Crippen LogP contribution in [0.1, 0.15) is 62.0 Å². The van der Waals surface area contributed by atoms with E-state index in [4.69, 9.17) is 0 Å². The highest BCUT2D eigenvalue weighted by atomic mass is 79.9. The average molecular weight is 305 g/mol. The van der Waals surface area contributed by atoms with Crippen LogP contribution in [0, 0.1) is 6.92 Å². The maximum atomic E-state index is 10.1. The van der Waals surface area contributed by atoms with E-state index >= 15 is 0 Å². The van der Waals surface area contributed by atoms with E-state index in [9.17, 15) is 5.11 Å². The van der Waals surface area contributed by atoms with E-state index in [2.05, 4.69) is 35.8 Å². The molecule has 1 N–H and O–H groups in total. The Morgan fingerprint density at radius 1 is 1.31 bits per heavy atom. The van der Waals surface area contributed by atoms with Crippen molar-refractivity contribution in [3.05, 3.63) is 20.3 Å². The smallest absolute Gasteiger partial charge is 0.0801 e. The highest BCUT2D eigenvalue weighted by Crippen LogP contribution is 2.32. The summed E-state index contributed by atoms with van der Waals surface area (Å²) in [5.41, 5.74) is 1.10. The lowest BCUT2D eigenvalue weighted by Gasteiger charge is -2.09. The fourth-order valence-corrected chi connectivity index (χ4v) is 3.65. The molecule has 0 aromatic carbocycles. The summed E-state index contributed by atoms with van der Waals surface area (Å²) in [4.78, 5) is 1.23. The molecule has 0 amide bonds. The van der Waals surface area contributed by atoms with Gasteiger partial charge in [0.2, 0.25) is 0 Å². The van der Waals surface area contributed by atoms with Gasteiger partial charge in [-0.15, -0.1) is 11.3 Å². The molecule has 1 atom stereocenters. The molecule has 0 spiro atoms. The van der Waals surface area contributed by atoms with Crippen LogP contribution < -0.4 is 0 Å². The Balaban J connectivity index is 2.29. The average Bonchev–Trinajstić information content (AvgIpc) is 2.57. The first-order chi connectivity index (χ1) is 7.65. The number of aryl methyl sites for hydroxylation is 1. The fourth-order valence-electron chi connectivity index (χ4n) is 1.89. The first kappa shape index (κ1) is 14.2. The van der Waals surface area contributed by atoms with Gasteiger partial charge in [-0.1, -0.05) is 39.0 Å². The van der Waals surface area contributed by atoms with Crippen molar-refractivity contribution in [2.24, 2.45) is 0 Å². The summed E-state index contributed by atoms with van der Waals surface area (Å²) in [5.74, 6) is 0. The fraction of sp³-hybridized carbons (Fsp3) is 0.692. The standard InChI is InChI=1S/C13H21BrOS/c1-3-4-5-6-7-8-12(15)11-9-13(14)16-10(11)2/h9,12,15H,3-8H2,1-2H3. The monoisotopic (exact) mass is 304 g/mol. The Morgan fingerprint density at radius 3 is 2.56 bits per heavy atom. The lowest BCUT2D eigenvalue weighted by atomic mass is 10.0. The lowest BCUT2D eigenvalue weighted by Crippen LogP contribution is -1.97. The third-order valence-electron chi connectivity index (χ3n) is 2.87. The van der Waals surface area contributed by atoms with Gasteiger partial charge in [0.15, 0.2) is 0 Å². The van der Waals surface area contributed by atoms with Crippen LogP contribution in [-0.4, -0.2) is 5.11 Å². The first-order valence-corrected chi connectivity index (χ1v) is 7.70. The van der Waals surface area contributed by atoms with Gasteiger partial charge in [-0.25, -0.2) is 0 Å². The van der Waals surface area contributed by atoms with E-state index in [0.29, 0.717) is 0 Å². The van der Waals surface area contributed by atoms with Crippen molar-refractivity contribution in [2.45, 2.75) is 58.5 Å². The molecule has 0 radical (unpaired) electrons. The van der Waals surface area contributed by atoms with E-state index in [1.807, 2.05) is 0 Å². The minimum atomic E-state index is -0.274. The molecule has 1 nitrogen and oxygen atoms in total. The molecule has 1 aromatic rings. The van der Waals surface area contributed by atoms with Crippen LogP contribution in [-0.2, 0) is 0 Å². The van der Waals surface area contributed by atoms with Crippen molar-refractivity contribution in [3.8, 4) is 0 Å². The minimum Gasteiger partial charge on any atom is -0.388 e. The number of halogens is 1. The zero-order valence-electron chi connectivity index (χ0n) is 10.1. The van der Waals surface area contributed by atoms with Gasteiger partial charge in [0.05, 0.1) is 9.89 Å². The number of aliphatic hydroxyl groups excluding tert-OH is 1. The van der Waals surface area contributed by atoms with Gasteiger partial charge in [-0.3, -0.25) is 0 Å². The molecular weight excluding hydrogens is 284 g/mol. The molecular formula is C13H21BrOS. The summed E-state index contributed by atoms with van der Waals surface area (Å²) in [5, 5.41) is 10.1. The Bertz CT molecular complexity index is 309. The topological polar surface area (TPSA) is 20.2 Å². The maximum Gasteiger partial charge on any atom is 0.0801 e. The highest BCUT2D eigenvalue weighted by Gasteiger charge is 2.12. The van der Waals surface area contributed by atoms with E-state index < -0.39 is 0 Å². The van der Waals surface area contributed by atoms with Crippen molar-refractivity contribution in [2.75, 3.05) is 0 Å². The number of thiophene rings is 1. The van der Waals surface area contributed by atoms with Crippen LogP contribution in [0.4, 0.5) is 0 Å². The Hall–Kier alpha value is 0.140. The molecule has 0 saturated heterocycles. The molecule has 92 valence electrons. The molecule has 0 saturated carbocycles. The number of hydrogen-bond donors (Lipinski definition) is 1. The number of unbranched alkanes of at least 4 members (excludes halogenated alkanes) is 4. The van der Waals surface area contributed by atoms with Crippen molar-refractivity contribution in [3.63, 3.8) is 0 Å². The molecule has 0 aliphatic heterocycles. The van der Waals surface area contributed by atoms with Gasteiger partial charge >= 0.3 is 0 Å². The van der Waals surface area contributed by atoms with Crippen LogP contribution >= 0.6 is 27.3 Å². The largest absolute Gasteiger partial charge is 0.388 e. The highest BCUT2D eigenvalue weighted by molar-refractivity contribution is 9.11. The van der Waals surface area contributed by atoms with Gasteiger partial charge in [0.25, 0.3) is 0 Å². The van der Waals surface area contributed by atoms with Crippen molar-refractivity contribution >= 4 is 27.3 Å². The number of rotatable bonds is 7. The SMILES string of the molecule is CCCCCCCC(O)c1cc(Br)sc1C. The van der Waals surface area contributed by atoms with Gasteiger partial charge in [-0.2, -0.15) is 0 Å². The minimum absolute atomic E-state index is 0.274. The molecule has 1 unspecified atom stereocenters. The molecule has 0 aliphatic carbocycles. The third-order valence-corrected chi connectivity index (χ3v) is 4.44. The van der Waals surface area contributed by atoms with Crippen LogP contribution in [0.15, 0.2) is 9.85 Å². The normalized spacial score (nSPS) is 13.0. The van der Waals surface area contributed by atoms with Gasteiger partial charge in [-0.05, 0) is 40.9 Å². The van der Waals surface area contributed by atoms with Crippen molar-refractivity contribution < 1.29 is 5.11 Å². The maximum absolute atomic E-state index is 10.1. The third kappa shape index (κ3) is 4.56. The summed E-state index contributed by atoms with van der Waals surface area (Å²) >= 11 is 5.16. The van der Waals surface area contributed by atoms with Crippen LogP contribution in [0.25, 0.3) is 0 Å². The van der Waals surface area contributed by atoms with Crippen molar-refractivity contribution in [1.29, 1.82) is 0 Å². The van der Waals surface area contributed by atoms with E-state index in [1.54, 1.807) is 11.3 Å². The second-order valence-electron chi connectivity index (χ2n) is 4.28. The molecule has 1 aromatic heterocycles. The van der Waals surface area contributed by atoms with E-state index in [-0.39, 0.29) is 6.10 Å². The van der Waals surface area contributed by atoms with E-state index in [0.717, 1.165) is 22.2 Å². The summed E-state index contributed by atoms with van der Waals surface area (Å²) in [6.45, 7) is 4.30. The molecule has 0 bridgehead atoms. The van der Waals surface area contributed by atoms with Crippen LogP contribution in [0.2, 0.25) is 0 Å².